The van der Waals surface area contributed by atoms with Crippen LogP contribution >= 0.6 is 11.8 Å². The minimum atomic E-state index is -0.248. The molecule has 1 spiro atoms. The number of thioether (sulfide) groups is 1. The average Bonchev–Trinajstić information content (AvgIpc) is 2.80. The van der Waals surface area contributed by atoms with Gasteiger partial charge in [0.05, 0.1) is 22.4 Å². The fourth-order valence-corrected chi connectivity index (χ4v) is 4.14. The quantitative estimate of drug-likeness (QED) is 0.831. The van der Waals surface area contributed by atoms with Crippen LogP contribution in [0.2, 0.25) is 0 Å². The van der Waals surface area contributed by atoms with Crippen LogP contribution in [-0.4, -0.2) is 17.8 Å². The SMILES string of the molecule is COc1cccc2c1SC1(CCCC1)C(=O)N2. The van der Waals surface area contributed by atoms with Crippen LogP contribution in [0.3, 0.4) is 0 Å². The molecule has 0 saturated heterocycles. The molecule has 1 aromatic rings. The average molecular weight is 249 g/mol. The summed E-state index contributed by atoms with van der Waals surface area (Å²) in [5.74, 6) is 1.03. The van der Waals surface area contributed by atoms with Gasteiger partial charge in [0.2, 0.25) is 5.91 Å². The Labute approximate surface area is 105 Å². The molecule has 4 heteroatoms. The van der Waals surface area contributed by atoms with Gasteiger partial charge in [-0.25, -0.2) is 0 Å². The number of hydrogen-bond donors (Lipinski definition) is 1. The van der Waals surface area contributed by atoms with E-state index in [-0.39, 0.29) is 10.7 Å². The molecule has 3 rings (SSSR count). The van der Waals surface area contributed by atoms with Gasteiger partial charge in [0, 0.05) is 0 Å². The standard InChI is InChI=1S/C13H15NO2S/c1-16-10-6-4-5-9-11(10)17-13(12(15)14-9)7-2-3-8-13/h4-6H,2-3,7-8H2,1H3,(H,14,15). The van der Waals surface area contributed by atoms with Gasteiger partial charge < -0.3 is 10.1 Å². The number of nitrogens with one attached hydrogen (secondary N) is 1. The number of rotatable bonds is 1. The Kier molecular flexibility index (Phi) is 2.54. The topological polar surface area (TPSA) is 38.3 Å². The first kappa shape index (κ1) is 11.0. The van der Waals surface area contributed by atoms with Gasteiger partial charge in [-0.3, -0.25) is 4.79 Å². The van der Waals surface area contributed by atoms with Crippen molar-refractivity contribution in [2.24, 2.45) is 0 Å². The third kappa shape index (κ3) is 1.62. The summed E-state index contributed by atoms with van der Waals surface area (Å²) in [6, 6.07) is 5.79. The molecule has 17 heavy (non-hydrogen) atoms. The number of carbonyl (C=O) groups is 1. The molecule has 1 amide bonds. The van der Waals surface area contributed by atoms with Crippen molar-refractivity contribution in [3.63, 3.8) is 0 Å². The Hall–Kier alpha value is -1.16. The Morgan fingerprint density at radius 2 is 2.12 bits per heavy atom. The molecule has 3 nitrogen and oxygen atoms in total. The molecule has 0 radical (unpaired) electrons. The normalized spacial score (nSPS) is 21.1. The molecule has 0 bridgehead atoms. The van der Waals surface area contributed by atoms with Crippen LogP contribution in [0.4, 0.5) is 5.69 Å². The van der Waals surface area contributed by atoms with Crippen molar-refractivity contribution in [3.8, 4) is 5.75 Å². The van der Waals surface area contributed by atoms with Gasteiger partial charge in [0.1, 0.15) is 5.75 Å². The van der Waals surface area contributed by atoms with E-state index in [1.165, 1.54) is 0 Å². The van der Waals surface area contributed by atoms with Crippen molar-refractivity contribution in [1.82, 2.24) is 0 Å². The van der Waals surface area contributed by atoms with Crippen molar-refractivity contribution < 1.29 is 9.53 Å². The second-order valence-electron chi connectivity index (χ2n) is 4.59. The van der Waals surface area contributed by atoms with Gasteiger partial charge in [-0.2, -0.15) is 0 Å². The third-order valence-corrected chi connectivity index (χ3v) is 5.18. The van der Waals surface area contributed by atoms with Crippen LogP contribution in [0.15, 0.2) is 23.1 Å². The van der Waals surface area contributed by atoms with E-state index in [2.05, 4.69) is 5.32 Å². The van der Waals surface area contributed by atoms with Crippen molar-refractivity contribution in [1.29, 1.82) is 0 Å². The first-order chi connectivity index (χ1) is 8.25. The summed E-state index contributed by atoms with van der Waals surface area (Å²) in [4.78, 5) is 13.3. The van der Waals surface area contributed by atoms with Crippen molar-refractivity contribution >= 4 is 23.4 Å². The van der Waals surface area contributed by atoms with Crippen LogP contribution < -0.4 is 10.1 Å². The summed E-state index contributed by atoms with van der Waals surface area (Å²) in [6.07, 6.45) is 4.23. The number of hydrogen-bond acceptors (Lipinski definition) is 3. The van der Waals surface area contributed by atoms with Crippen LogP contribution in [0.1, 0.15) is 25.7 Å². The monoisotopic (exact) mass is 249 g/mol. The second kappa shape index (κ2) is 3.95. The smallest absolute Gasteiger partial charge is 0.241 e. The molecule has 1 aliphatic carbocycles. The van der Waals surface area contributed by atoms with Crippen molar-refractivity contribution in [3.05, 3.63) is 18.2 Å². The van der Waals surface area contributed by atoms with Crippen LogP contribution in [0, 0.1) is 0 Å². The van der Waals surface area contributed by atoms with Gasteiger partial charge in [-0.15, -0.1) is 11.8 Å². The number of methoxy groups -OCH3 is 1. The van der Waals surface area contributed by atoms with Crippen molar-refractivity contribution in [2.75, 3.05) is 12.4 Å². The van der Waals surface area contributed by atoms with Gasteiger partial charge >= 0.3 is 0 Å². The zero-order valence-electron chi connectivity index (χ0n) is 9.79. The lowest BCUT2D eigenvalue weighted by Gasteiger charge is -2.33. The van der Waals surface area contributed by atoms with E-state index in [1.807, 2.05) is 18.2 Å². The van der Waals surface area contributed by atoms with E-state index in [4.69, 9.17) is 4.74 Å². The summed E-state index contributed by atoms with van der Waals surface area (Å²) in [5.41, 5.74) is 0.886. The fourth-order valence-electron chi connectivity index (χ4n) is 2.63. The second-order valence-corrected chi connectivity index (χ2v) is 5.99. The lowest BCUT2D eigenvalue weighted by molar-refractivity contribution is -0.118. The first-order valence-electron chi connectivity index (χ1n) is 5.93. The molecule has 2 aliphatic rings. The lowest BCUT2D eigenvalue weighted by atomic mass is 10.1. The van der Waals surface area contributed by atoms with E-state index in [1.54, 1.807) is 18.9 Å². The molecule has 1 fully saturated rings. The number of benzene rings is 1. The number of anilines is 1. The molecule has 0 aromatic heterocycles. The fraction of sp³-hybridized carbons (Fsp3) is 0.462. The zero-order chi connectivity index (χ0) is 11.9. The number of ether oxygens (including phenoxy) is 1. The summed E-state index contributed by atoms with van der Waals surface area (Å²) in [6.45, 7) is 0. The molecule has 1 aromatic carbocycles. The van der Waals surface area contributed by atoms with Gasteiger partial charge in [0.25, 0.3) is 0 Å². The summed E-state index contributed by atoms with van der Waals surface area (Å²) in [5, 5.41) is 3.03. The number of carbonyl (C=O) groups excluding carboxylic acids is 1. The van der Waals surface area contributed by atoms with E-state index in [0.717, 1.165) is 42.0 Å². The minimum Gasteiger partial charge on any atom is -0.496 e. The number of amides is 1. The Morgan fingerprint density at radius 1 is 1.35 bits per heavy atom. The molecule has 1 saturated carbocycles. The van der Waals surface area contributed by atoms with Crippen LogP contribution in [0.25, 0.3) is 0 Å². The summed E-state index contributed by atoms with van der Waals surface area (Å²) >= 11 is 1.69. The molecular weight excluding hydrogens is 234 g/mol. The van der Waals surface area contributed by atoms with Crippen LogP contribution in [0.5, 0.6) is 5.75 Å². The van der Waals surface area contributed by atoms with Gasteiger partial charge in [-0.1, -0.05) is 18.9 Å². The van der Waals surface area contributed by atoms with Gasteiger partial charge in [-0.05, 0) is 25.0 Å². The molecule has 1 aliphatic heterocycles. The zero-order valence-corrected chi connectivity index (χ0v) is 10.6. The molecular formula is C13H15NO2S. The summed E-state index contributed by atoms with van der Waals surface area (Å²) in [7, 11) is 1.67. The highest BCUT2D eigenvalue weighted by molar-refractivity contribution is 8.01. The molecule has 1 heterocycles. The third-order valence-electron chi connectivity index (χ3n) is 3.57. The van der Waals surface area contributed by atoms with E-state index in [0.29, 0.717) is 0 Å². The van der Waals surface area contributed by atoms with E-state index < -0.39 is 0 Å². The molecule has 90 valence electrons. The number of fused-ring (bicyclic) bond motifs is 1. The highest BCUT2D eigenvalue weighted by Crippen LogP contribution is 2.53. The minimum absolute atomic E-state index is 0.167. The highest BCUT2D eigenvalue weighted by Gasteiger charge is 2.46. The molecule has 1 N–H and O–H groups in total. The Morgan fingerprint density at radius 3 is 2.82 bits per heavy atom. The first-order valence-corrected chi connectivity index (χ1v) is 6.74. The predicted molar refractivity (Wildman–Crippen MR) is 68.7 cm³/mol. The Balaban J connectivity index is 2.05. The van der Waals surface area contributed by atoms with E-state index >= 15 is 0 Å². The van der Waals surface area contributed by atoms with E-state index in [9.17, 15) is 4.79 Å². The highest BCUT2D eigenvalue weighted by atomic mass is 32.2. The predicted octanol–water partition coefficient (Wildman–Crippen LogP) is 3.05. The van der Waals surface area contributed by atoms with Crippen molar-refractivity contribution in [2.45, 2.75) is 35.3 Å². The lowest BCUT2D eigenvalue weighted by Crippen LogP contribution is -2.40. The Bertz CT molecular complexity index is 466. The molecule has 0 unspecified atom stereocenters. The maximum absolute atomic E-state index is 12.2. The maximum Gasteiger partial charge on any atom is 0.241 e. The largest absolute Gasteiger partial charge is 0.496 e. The molecule has 0 atom stereocenters. The van der Waals surface area contributed by atoms with Gasteiger partial charge in [0.15, 0.2) is 0 Å². The summed E-state index contributed by atoms with van der Waals surface area (Å²) < 4.78 is 5.13. The maximum atomic E-state index is 12.2. The van der Waals surface area contributed by atoms with Crippen LogP contribution in [-0.2, 0) is 4.79 Å².